The standard InChI is InChI=1S/C52H69N7O7/c1-12-38(45(53-14-3)33(7)65-11)47-40-29-52(8,9)31-66-51(64)41-20-17-24-59(55-41)50(63)42(27-34-18-16-19-35(26-34)36-21-22-43(39(40)28-36)58(47)15-4)54-48(61)46(32(5)6)56(10)49(62)37-23-25-57(30-37)44(60)13-2/h12-14,16,18-19,21-22,26,28,32-33,37,41-42,46,55H,1-2,15,17,20,23-25,27,29-31H2,3-11H3,(H,54,61)/b45-38+,53-14?/t33-,37-,41-,42-,46-/m0/s1. The summed E-state index contributed by atoms with van der Waals surface area (Å²) in [4.78, 5) is 77.2. The Labute approximate surface area is 390 Å². The molecule has 14 nitrogen and oxygen atoms in total. The van der Waals surface area contributed by atoms with Crippen molar-refractivity contribution in [1.82, 2.24) is 30.1 Å². The van der Waals surface area contributed by atoms with Gasteiger partial charge in [0.25, 0.3) is 5.91 Å². The van der Waals surface area contributed by atoms with Crippen molar-refractivity contribution in [2.45, 2.75) is 111 Å². The van der Waals surface area contributed by atoms with Crippen molar-refractivity contribution in [3.05, 3.63) is 90.3 Å². The van der Waals surface area contributed by atoms with Crippen molar-refractivity contribution in [3.63, 3.8) is 0 Å². The Hall–Kier alpha value is -5.86. The highest BCUT2D eigenvalue weighted by atomic mass is 16.5. The third-order valence-corrected chi connectivity index (χ3v) is 13.2. The number of cyclic esters (lactones) is 1. The third-order valence-electron chi connectivity index (χ3n) is 13.2. The second kappa shape index (κ2) is 21.2. The minimum absolute atomic E-state index is 0.116. The van der Waals surface area contributed by atoms with E-state index in [4.69, 9.17) is 14.5 Å². The van der Waals surface area contributed by atoms with Crippen molar-refractivity contribution in [2.24, 2.45) is 22.2 Å². The number of aromatic nitrogens is 1. The zero-order chi connectivity index (χ0) is 48.0. The van der Waals surface area contributed by atoms with Gasteiger partial charge >= 0.3 is 5.97 Å². The fraction of sp³-hybridized carbons (Fsp3) is 0.500. The molecule has 5 atom stereocenters. The van der Waals surface area contributed by atoms with E-state index in [2.05, 4.69) is 73.5 Å². The van der Waals surface area contributed by atoms with Gasteiger partial charge in [-0.3, -0.25) is 34.0 Å². The molecular formula is C52H69N7O7. The summed E-state index contributed by atoms with van der Waals surface area (Å²) in [5.41, 5.74) is 10.0. The lowest BCUT2D eigenvalue weighted by molar-refractivity contribution is -0.155. The molecule has 2 N–H and O–H groups in total. The first-order chi connectivity index (χ1) is 31.5. The number of benzene rings is 2. The van der Waals surface area contributed by atoms with Crippen LogP contribution < -0.4 is 10.7 Å². The summed E-state index contributed by atoms with van der Waals surface area (Å²) in [6.07, 6.45) is 6.71. The van der Waals surface area contributed by atoms with Gasteiger partial charge in [-0.25, -0.2) is 5.43 Å². The molecular weight excluding hydrogens is 835 g/mol. The number of rotatable bonds is 12. The van der Waals surface area contributed by atoms with E-state index in [1.807, 2.05) is 52.0 Å². The summed E-state index contributed by atoms with van der Waals surface area (Å²) in [5, 5.41) is 5.53. The fourth-order valence-corrected chi connectivity index (χ4v) is 9.80. The molecule has 66 heavy (non-hydrogen) atoms. The van der Waals surface area contributed by atoms with E-state index < -0.39 is 47.2 Å². The molecule has 3 aliphatic heterocycles. The number of esters is 1. The minimum Gasteiger partial charge on any atom is -0.464 e. The van der Waals surface area contributed by atoms with E-state index >= 15 is 0 Å². The number of hydrogen-bond donors (Lipinski definition) is 2. The highest BCUT2D eigenvalue weighted by Crippen LogP contribution is 2.40. The summed E-state index contributed by atoms with van der Waals surface area (Å²) >= 11 is 0. The number of methoxy groups -OCH3 is 1. The Morgan fingerprint density at radius 3 is 2.47 bits per heavy atom. The predicted molar refractivity (Wildman–Crippen MR) is 259 cm³/mol. The first kappa shape index (κ1) is 49.6. The van der Waals surface area contributed by atoms with Gasteiger partial charge in [0.05, 0.1) is 30.0 Å². The summed E-state index contributed by atoms with van der Waals surface area (Å²) in [6, 6.07) is 11.7. The molecule has 6 rings (SSSR count). The molecule has 14 heteroatoms. The molecule has 0 saturated carbocycles. The van der Waals surface area contributed by atoms with Gasteiger partial charge in [-0.1, -0.05) is 77.3 Å². The number of nitrogens with one attached hydrogen (secondary N) is 2. The van der Waals surface area contributed by atoms with Crippen LogP contribution in [0.1, 0.15) is 84.5 Å². The van der Waals surface area contributed by atoms with Crippen LogP contribution in [0.2, 0.25) is 0 Å². The van der Waals surface area contributed by atoms with Crippen LogP contribution >= 0.6 is 0 Å². The first-order valence-electron chi connectivity index (χ1n) is 23.3. The maximum absolute atomic E-state index is 14.7. The normalized spacial score (nSPS) is 21.5. The zero-order valence-corrected chi connectivity index (χ0v) is 40.3. The van der Waals surface area contributed by atoms with E-state index in [1.165, 1.54) is 16.0 Å². The van der Waals surface area contributed by atoms with Crippen molar-refractivity contribution >= 4 is 52.3 Å². The van der Waals surface area contributed by atoms with Crippen LogP contribution in [0.3, 0.4) is 0 Å². The number of hydrogen-bond acceptors (Lipinski definition) is 9. The summed E-state index contributed by atoms with van der Waals surface area (Å²) < 4.78 is 14.2. The van der Waals surface area contributed by atoms with Gasteiger partial charge in [0.1, 0.15) is 18.1 Å². The third kappa shape index (κ3) is 10.5. The Kier molecular flexibility index (Phi) is 15.9. The highest BCUT2D eigenvalue weighted by Gasteiger charge is 2.40. The van der Waals surface area contributed by atoms with Gasteiger partial charge in [-0.2, -0.15) is 0 Å². The van der Waals surface area contributed by atoms with Gasteiger partial charge < -0.3 is 29.2 Å². The molecule has 3 aliphatic rings. The van der Waals surface area contributed by atoms with Crippen LogP contribution in [0.15, 0.2) is 78.5 Å². The van der Waals surface area contributed by atoms with E-state index in [9.17, 15) is 24.0 Å². The number of nitrogens with zero attached hydrogens (tertiary/aromatic N) is 5. The average molecular weight is 904 g/mol. The highest BCUT2D eigenvalue weighted by molar-refractivity contribution is 5.96. The van der Waals surface area contributed by atoms with Crippen LogP contribution in [-0.4, -0.2) is 120 Å². The molecule has 0 aliphatic carbocycles. The van der Waals surface area contributed by atoms with Crippen LogP contribution in [0.5, 0.6) is 0 Å². The average Bonchev–Trinajstić information content (AvgIpc) is 3.92. The van der Waals surface area contributed by atoms with E-state index in [-0.39, 0.29) is 43.4 Å². The molecule has 6 bridgehead atoms. The maximum Gasteiger partial charge on any atom is 0.324 e. The van der Waals surface area contributed by atoms with Crippen LogP contribution in [0.25, 0.3) is 27.6 Å². The Morgan fingerprint density at radius 2 is 1.80 bits per heavy atom. The summed E-state index contributed by atoms with van der Waals surface area (Å²) in [6.45, 7) is 23.5. The fourth-order valence-electron chi connectivity index (χ4n) is 9.80. The molecule has 4 heterocycles. The maximum atomic E-state index is 14.7. The largest absolute Gasteiger partial charge is 0.464 e. The summed E-state index contributed by atoms with van der Waals surface area (Å²) in [5.74, 6) is -2.60. The number of fused-ring (bicyclic) bond motifs is 6. The summed E-state index contributed by atoms with van der Waals surface area (Å²) in [7, 11) is 3.28. The number of likely N-dealkylation sites (tertiary alicyclic amines) is 1. The molecule has 2 saturated heterocycles. The van der Waals surface area contributed by atoms with E-state index in [0.717, 1.165) is 50.1 Å². The topological polar surface area (TPSA) is 155 Å². The second-order valence-electron chi connectivity index (χ2n) is 18.9. The van der Waals surface area contributed by atoms with E-state index in [0.29, 0.717) is 45.3 Å². The van der Waals surface area contributed by atoms with Gasteiger partial charge in [0, 0.05) is 74.9 Å². The van der Waals surface area contributed by atoms with Crippen molar-refractivity contribution < 1.29 is 33.4 Å². The number of amides is 4. The van der Waals surface area contributed by atoms with Crippen LogP contribution in [0, 0.1) is 17.3 Å². The predicted octanol–water partition coefficient (Wildman–Crippen LogP) is 6.52. The lowest BCUT2D eigenvalue weighted by Crippen LogP contribution is -2.62. The zero-order valence-electron chi connectivity index (χ0n) is 40.3. The van der Waals surface area contributed by atoms with Crippen LogP contribution in [0.4, 0.5) is 0 Å². The number of ether oxygens (including phenoxy) is 2. The quantitative estimate of drug-likeness (QED) is 0.0903. The lowest BCUT2D eigenvalue weighted by Gasteiger charge is -2.37. The minimum atomic E-state index is -1.06. The van der Waals surface area contributed by atoms with E-state index in [1.54, 1.807) is 25.3 Å². The number of aryl methyl sites for hydroxylation is 1. The van der Waals surface area contributed by atoms with Crippen molar-refractivity contribution in [3.8, 4) is 11.1 Å². The SMILES string of the molecule is C=CC(=O)N1CC[C@H](C(=O)N(C)[C@H](C(=O)N[C@H]2Cc3cccc(c3)-c3ccc4c(c3)c(c(/C(C=C)=C(/N=CC)[C@H](C)OC)n4CC)CC(C)(C)COC(=O)[C@@H]3CCCN(N3)C2=O)C(C)C)C1. The number of likely N-dealkylation sites (N-methyl/N-ethyl adjacent to an activating group) is 1. The second-order valence-corrected chi connectivity index (χ2v) is 18.9. The van der Waals surface area contributed by atoms with Crippen molar-refractivity contribution in [1.29, 1.82) is 0 Å². The monoisotopic (exact) mass is 904 g/mol. The molecule has 4 amide bonds. The number of aliphatic imine (C=N–C) groups is 1. The Morgan fingerprint density at radius 1 is 1.06 bits per heavy atom. The Bertz CT molecular complexity index is 2410. The number of hydrazine groups is 1. The first-order valence-corrected chi connectivity index (χ1v) is 23.3. The Balaban J connectivity index is 1.44. The molecule has 0 radical (unpaired) electrons. The molecule has 1 aromatic heterocycles. The number of carbonyl (C=O) groups is 5. The van der Waals surface area contributed by atoms with Gasteiger partial charge in [0.2, 0.25) is 17.7 Å². The molecule has 0 spiro atoms. The van der Waals surface area contributed by atoms with Gasteiger partial charge in [-0.15, -0.1) is 0 Å². The lowest BCUT2D eigenvalue weighted by atomic mass is 9.84. The smallest absolute Gasteiger partial charge is 0.324 e. The van der Waals surface area contributed by atoms with Crippen molar-refractivity contribution in [2.75, 3.05) is 40.4 Å². The molecule has 2 fully saturated rings. The van der Waals surface area contributed by atoms with Crippen LogP contribution in [-0.2, 0) is 52.8 Å². The van der Waals surface area contributed by atoms with Gasteiger partial charge in [-0.05, 0) is 92.8 Å². The van der Waals surface area contributed by atoms with Gasteiger partial charge in [0.15, 0.2) is 0 Å². The molecule has 3 aromatic rings. The number of carbonyl (C=O) groups excluding carboxylic acids is 5. The molecule has 0 unspecified atom stereocenters. The molecule has 2 aromatic carbocycles. The number of allylic oxidation sites excluding steroid dienone is 2. The molecule has 354 valence electrons.